The van der Waals surface area contributed by atoms with Crippen LogP contribution in [0.3, 0.4) is 0 Å². The predicted octanol–water partition coefficient (Wildman–Crippen LogP) is 2.08. The first-order valence-corrected chi connectivity index (χ1v) is 10.5. The molecule has 0 bridgehead atoms. The minimum absolute atomic E-state index is 0.119. The number of sulfonamides is 1. The van der Waals surface area contributed by atoms with Gasteiger partial charge in [0.2, 0.25) is 10.0 Å². The fraction of sp³-hybridized carbons (Fsp3) is 0.143. The summed E-state index contributed by atoms with van der Waals surface area (Å²) < 4.78 is 33.2. The third-order valence-corrected chi connectivity index (χ3v) is 6.29. The molecule has 0 saturated carbocycles. The lowest BCUT2D eigenvalue weighted by Crippen LogP contribution is -2.31. The van der Waals surface area contributed by atoms with E-state index in [1.165, 1.54) is 23.5 Å². The zero-order valence-corrected chi connectivity index (χ0v) is 17.2. The van der Waals surface area contributed by atoms with Crippen LogP contribution in [0.4, 0.5) is 0 Å². The van der Waals surface area contributed by atoms with Gasteiger partial charge in [-0.05, 0) is 53.6 Å². The van der Waals surface area contributed by atoms with E-state index >= 15 is 0 Å². The number of nitrogen functional groups attached to an aromatic ring is 1. The van der Waals surface area contributed by atoms with Crippen LogP contribution in [0.1, 0.15) is 21.5 Å². The predicted molar refractivity (Wildman–Crippen MR) is 112 cm³/mol. The average molecular weight is 426 g/mol. The highest BCUT2D eigenvalue weighted by molar-refractivity contribution is 7.89. The molecule has 1 aromatic heterocycles. The normalized spacial score (nSPS) is 11.3. The molecule has 0 aliphatic carbocycles. The first-order chi connectivity index (χ1) is 14.4. The second-order valence-corrected chi connectivity index (χ2v) is 8.42. The van der Waals surface area contributed by atoms with Gasteiger partial charge in [-0.2, -0.15) is 4.31 Å². The fourth-order valence-electron chi connectivity index (χ4n) is 2.87. The van der Waals surface area contributed by atoms with E-state index in [9.17, 15) is 13.2 Å². The Morgan fingerprint density at radius 1 is 1.03 bits per heavy atom. The number of hydrazine groups is 1. The van der Waals surface area contributed by atoms with Crippen molar-refractivity contribution in [3.8, 4) is 5.75 Å². The van der Waals surface area contributed by atoms with Gasteiger partial charge in [-0.1, -0.05) is 18.2 Å². The third-order valence-electron chi connectivity index (χ3n) is 4.49. The van der Waals surface area contributed by atoms with Gasteiger partial charge in [0.05, 0.1) is 12.0 Å². The van der Waals surface area contributed by atoms with Crippen molar-refractivity contribution in [2.24, 2.45) is 5.84 Å². The number of rotatable bonds is 8. The average Bonchev–Trinajstić information content (AvgIpc) is 2.79. The molecule has 0 aliphatic rings. The molecule has 8 nitrogen and oxygen atoms in total. The molecule has 9 heteroatoms. The quantitative estimate of drug-likeness (QED) is 0.324. The number of hydrogen-bond donors (Lipinski definition) is 2. The first kappa shape index (κ1) is 21.4. The molecule has 3 aromatic rings. The van der Waals surface area contributed by atoms with E-state index in [2.05, 4.69) is 10.4 Å². The number of carbonyl (C=O) groups excluding carboxylic acids is 1. The molecule has 2 aromatic carbocycles. The van der Waals surface area contributed by atoms with Gasteiger partial charge in [0.25, 0.3) is 5.91 Å². The van der Waals surface area contributed by atoms with Gasteiger partial charge in [0.1, 0.15) is 5.75 Å². The standard InChI is InChI=1S/C21H22N4O4S/c1-29-19-8-10-20(11-9-19)30(27,28)25(15-17-3-2-12-23-13-17)14-16-4-6-18(7-5-16)21(26)24-22/h2-13H,14-15,22H2,1H3,(H,24,26). The van der Waals surface area contributed by atoms with Crippen LogP contribution in [0.25, 0.3) is 0 Å². The number of nitrogens with two attached hydrogens (primary N) is 1. The molecule has 0 unspecified atom stereocenters. The van der Waals surface area contributed by atoms with E-state index in [4.69, 9.17) is 10.6 Å². The second-order valence-electron chi connectivity index (χ2n) is 6.48. The van der Waals surface area contributed by atoms with Crippen molar-refractivity contribution in [2.45, 2.75) is 18.0 Å². The second kappa shape index (κ2) is 9.49. The van der Waals surface area contributed by atoms with Crippen LogP contribution in [0, 0.1) is 0 Å². The van der Waals surface area contributed by atoms with Gasteiger partial charge in [-0.25, -0.2) is 14.3 Å². The highest BCUT2D eigenvalue weighted by Crippen LogP contribution is 2.23. The van der Waals surface area contributed by atoms with Crippen molar-refractivity contribution in [3.05, 3.63) is 89.7 Å². The Morgan fingerprint density at radius 2 is 1.70 bits per heavy atom. The third kappa shape index (κ3) is 5.01. The van der Waals surface area contributed by atoms with Crippen LogP contribution in [0.15, 0.2) is 78.0 Å². The molecular formula is C21H22N4O4S. The first-order valence-electron chi connectivity index (χ1n) is 9.07. The van der Waals surface area contributed by atoms with Crippen molar-refractivity contribution < 1.29 is 17.9 Å². The Kier molecular flexibility index (Phi) is 6.78. The number of benzene rings is 2. The minimum atomic E-state index is -3.80. The van der Waals surface area contributed by atoms with Crippen LogP contribution in [0.2, 0.25) is 0 Å². The van der Waals surface area contributed by atoms with Gasteiger partial charge >= 0.3 is 0 Å². The molecule has 0 atom stereocenters. The summed E-state index contributed by atoms with van der Waals surface area (Å²) >= 11 is 0. The molecule has 3 rings (SSSR count). The summed E-state index contributed by atoms with van der Waals surface area (Å²) in [6.45, 7) is 0.265. The van der Waals surface area contributed by atoms with Gasteiger partial charge in [0.15, 0.2) is 0 Å². The van der Waals surface area contributed by atoms with E-state index in [0.29, 0.717) is 11.3 Å². The van der Waals surface area contributed by atoms with E-state index in [0.717, 1.165) is 11.1 Å². The molecular weight excluding hydrogens is 404 g/mol. The number of aromatic nitrogens is 1. The van der Waals surface area contributed by atoms with Gasteiger partial charge < -0.3 is 4.74 Å². The maximum Gasteiger partial charge on any atom is 0.265 e. The number of hydrogen-bond acceptors (Lipinski definition) is 6. The van der Waals surface area contributed by atoms with Gasteiger partial charge in [-0.3, -0.25) is 15.2 Å². The fourth-order valence-corrected chi connectivity index (χ4v) is 4.28. The number of ether oxygens (including phenoxy) is 1. The van der Waals surface area contributed by atoms with Crippen molar-refractivity contribution in [1.29, 1.82) is 0 Å². The van der Waals surface area contributed by atoms with Crippen LogP contribution in [0.5, 0.6) is 5.75 Å². The largest absolute Gasteiger partial charge is 0.497 e. The summed E-state index contributed by atoms with van der Waals surface area (Å²) in [5.74, 6) is 5.30. The number of amides is 1. The van der Waals surface area contributed by atoms with Crippen molar-refractivity contribution in [1.82, 2.24) is 14.7 Å². The lowest BCUT2D eigenvalue weighted by Gasteiger charge is -2.22. The van der Waals surface area contributed by atoms with Crippen molar-refractivity contribution in [3.63, 3.8) is 0 Å². The number of pyridine rings is 1. The van der Waals surface area contributed by atoms with E-state index in [-0.39, 0.29) is 18.0 Å². The maximum absolute atomic E-state index is 13.3. The number of methoxy groups -OCH3 is 1. The Morgan fingerprint density at radius 3 is 2.27 bits per heavy atom. The highest BCUT2D eigenvalue weighted by atomic mass is 32.2. The summed E-state index contributed by atoms with van der Waals surface area (Å²) in [6, 6.07) is 16.4. The van der Waals surface area contributed by atoms with E-state index < -0.39 is 15.9 Å². The molecule has 0 radical (unpaired) electrons. The lowest BCUT2D eigenvalue weighted by molar-refractivity contribution is 0.0953. The number of carbonyl (C=O) groups is 1. The molecule has 1 heterocycles. The molecule has 0 saturated heterocycles. The van der Waals surface area contributed by atoms with Crippen LogP contribution >= 0.6 is 0 Å². The monoisotopic (exact) mass is 426 g/mol. The zero-order chi connectivity index (χ0) is 21.6. The summed E-state index contributed by atoms with van der Waals surface area (Å²) in [5.41, 5.74) is 3.94. The molecule has 1 amide bonds. The minimum Gasteiger partial charge on any atom is -0.497 e. The van der Waals surface area contributed by atoms with Gasteiger partial charge in [-0.15, -0.1) is 0 Å². The Hall–Kier alpha value is -3.27. The smallest absolute Gasteiger partial charge is 0.265 e. The number of nitrogens with one attached hydrogen (secondary N) is 1. The Balaban J connectivity index is 1.92. The Bertz CT molecular complexity index is 1090. The lowest BCUT2D eigenvalue weighted by atomic mass is 10.1. The molecule has 0 spiro atoms. The summed E-state index contributed by atoms with van der Waals surface area (Å²) in [6.07, 6.45) is 3.26. The zero-order valence-electron chi connectivity index (χ0n) is 16.4. The van der Waals surface area contributed by atoms with E-state index in [1.54, 1.807) is 54.9 Å². The molecule has 3 N–H and O–H groups in total. The highest BCUT2D eigenvalue weighted by Gasteiger charge is 2.25. The molecule has 30 heavy (non-hydrogen) atoms. The van der Waals surface area contributed by atoms with Crippen molar-refractivity contribution in [2.75, 3.05) is 7.11 Å². The van der Waals surface area contributed by atoms with Crippen molar-refractivity contribution >= 4 is 15.9 Å². The van der Waals surface area contributed by atoms with E-state index in [1.807, 2.05) is 6.07 Å². The summed E-state index contributed by atoms with van der Waals surface area (Å²) in [5, 5.41) is 0. The van der Waals surface area contributed by atoms with Crippen LogP contribution in [-0.4, -0.2) is 30.7 Å². The van der Waals surface area contributed by atoms with Crippen LogP contribution < -0.4 is 16.0 Å². The topological polar surface area (TPSA) is 115 Å². The molecule has 0 aliphatic heterocycles. The summed E-state index contributed by atoms with van der Waals surface area (Å²) in [7, 11) is -2.28. The maximum atomic E-state index is 13.3. The molecule has 0 fully saturated rings. The summed E-state index contributed by atoms with van der Waals surface area (Å²) in [4.78, 5) is 15.9. The number of nitrogens with zero attached hydrogens (tertiary/aromatic N) is 2. The Labute approximate surface area is 175 Å². The van der Waals surface area contributed by atoms with Gasteiger partial charge in [0, 0.05) is 31.0 Å². The molecule has 156 valence electrons. The van der Waals surface area contributed by atoms with Crippen LogP contribution in [-0.2, 0) is 23.1 Å². The SMILES string of the molecule is COc1ccc(S(=O)(=O)N(Cc2ccc(C(=O)NN)cc2)Cc2cccnc2)cc1.